The van der Waals surface area contributed by atoms with Crippen LogP contribution < -0.4 is 16.1 Å². The molecule has 4 heterocycles. The Balaban J connectivity index is 1.63. The molecule has 0 amide bonds. The van der Waals surface area contributed by atoms with Gasteiger partial charge in [0, 0.05) is 7.05 Å². The lowest BCUT2D eigenvalue weighted by Crippen LogP contribution is -2.48. The van der Waals surface area contributed by atoms with E-state index in [1.165, 1.54) is 17.8 Å². The number of rotatable bonds is 6. The molecule has 6 atom stereocenters. The van der Waals surface area contributed by atoms with Gasteiger partial charge >= 0.3 is 13.7 Å². The van der Waals surface area contributed by atoms with Gasteiger partial charge in [0.2, 0.25) is 11.6 Å². The molecule has 2 aliphatic heterocycles. The van der Waals surface area contributed by atoms with Gasteiger partial charge in [0.1, 0.15) is 18.2 Å². The van der Waals surface area contributed by atoms with Gasteiger partial charge in [0.05, 0.1) is 19.0 Å². The molecule has 0 aromatic carbocycles. The Hall–Kier alpha value is -2.82. The van der Waals surface area contributed by atoms with Gasteiger partial charge in [-0.25, -0.2) is 19.0 Å². The minimum atomic E-state index is -4.15. The second kappa shape index (κ2) is 8.75. The van der Waals surface area contributed by atoms with Crippen molar-refractivity contribution in [2.24, 2.45) is 0 Å². The first-order valence-corrected chi connectivity index (χ1v) is 12.0. The summed E-state index contributed by atoms with van der Waals surface area (Å²) >= 11 is 0. The number of hydrogen-bond acceptors (Lipinski definition) is 11. The second-order valence-corrected chi connectivity index (χ2v) is 9.82. The number of nitrogens with zero attached hydrogens (tertiary/aromatic N) is 4. The van der Waals surface area contributed by atoms with Crippen LogP contribution in [0.5, 0.6) is 0 Å². The van der Waals surface area contributed by atoms with E-state index in [0.29, 0.717) is 11.3 Å². The SMILES string of the molecule is C#C[C@@]1(F)[C@@H]2OP(=O)(N[C@@H](C)C(=O)OC(C)C)OC[C@H]2O[C@H]1n1cnc2c(NC)nc(N)nc21. The van der Waals surface area contributed by atoms with Crippen molar-refractivity contribution in [3.63, 3.8) is 0 Å². The lowest BCUT2D eigenvalue weighted by atomic mass is 9.97. The van der Waals surface area contributed by atoms with Crippen LogP contribution in [0, 0.1) is 12.3 Å². The Labute approximate surface area is 194 Å². The number of nitrogen functional groups attached to an aromatic ring is 1. The van der Waals surface area contributed by atoms with Gasteiger partial charge in [-0.2, -0.15) is 9.97 Å². The van der Waals surface area contributed by atoms with Crippen LogP contribution in [0.25, 0.3) is 11.2 Å². The molecule has 0 bridgehead atoms. The summed E-state index contributed by atoms with van der Waals surface area (Å²) in [6.45, 7) is 4.45. The van der Waals surface area contributed by atoms with Crippen LogP contribution in [0.3, 0.4) is 0 Å². The van der Waals surface area contributed by atoms with E-state index in [1.54, 1.807) is 20.9 Å². The van der Waals surface area contributed by atoms with Crippen molar-refractivity contribution in [3.05, 3.63) is 6.33 Å². The largest absolute Gasteiger partial charge is 0.462 e. The number of hydrogen-bond donors (Lipinski definition) is 3. The summed E-state index contributed by atoms with van der Waals surface area (Å²) in [6.07, 6.45) is 2.55. The van der Waals surface area contributed by atoms with Crippen LogP contribution in [-0.2, 0) is 27.9 Å². The van der Waals surface area contributed by atoms with E-state index in [4.69, 9.17) is 30.7 Å². The van der Waals surface area contributed by atoms with Crippen LogP contribution in [-0.4, -0.2) is 69.2 Å². The Kier molecular flexibility index (Phi) is 6.26. The highest BCUT2D eigenvalue weighted by Gasteiger charge is 2.63. The highest BCUT2D eigenvalue weighted by molar-refractivity contribution is 7.51. The summed E-state index contributed by atoms with van der Waals surface area (Å²) in [5.74, 6) is 1.66. The maximum Gasteiger partial charge on any atom is 0.406 e. The third-order valence-corrected chi connectivity index (χ3v) is 6.98. The number of terminal acetylenes is 1. The number of aromatic nitrogens is 4. The first-order valence-electron chi connectivity index (χ1n) is 10.4. The van der Waals surface area contributed by atoms with E-state index in [0.717, 1.165) is 0 Å². The molecular formula is C19H25FN7O6P. The predicted molar refractivity (Wildman–Crippen MR) is 118 cm³/mol. The molecule has 2 fully saturated rings. The van der Waals surface area contributed by atoms with Gasteiger partial charge in [0.15, 0.2) is 23.2 Å². The first kappa shape index (κ1) is 24.3. The van der Waals surface area contributed by atoms with Crippen LogP contribution >= 0.6 is 7.75 Å². The summed E-state index contributed by atoms with van der Waals surface area (Å²) in [5, 5.41) is 5.30. The molecule has 0 saturated carbocycles. The average Bonchev–Trinajstić information content (AvgIpc) is 3.31. The van der Waals surface area contributed by atoms with E-state index in [2.05, 4.69) is 31.3 Å². The zero-order valence-corrected chi connectivity index (χ0v) is 19.8. The minimum Gasteiger partial charge on any atom is -0.462 e. The summed E-state index contributed by atoms with van der Waals surface area (Å²) in [7, 11) is -2.53. The van der Waals surface area contributed by atoms with Crippen molar-refractivity contribution < 1.29 is 32.3 Å². The lowest BCUT2D eigenvalue weighted by molar-refractivity contribution is -0.149. The Morgan fingerprint density at radius 3 is 2.85 bits per heavy atom. The minimum absolute atomic E-state index is 0.0743. The highest BCUT2D eigenvalue weighted by atomic mass is 31.2. The maximum absolute atomic E-state index is 16.3. The number of carbonyl (C=O) groups excluding carboxylic acids is 1. The molecule has 15 heteroatoms. The van der Waals surface area contributed by atoms with Crippen molar-refractivity contribution in [2.75, 3.05) is 24.7 Å². The molecule has 2 aromatic rings. The third kappa shape index (κ3) is 4.10. The van der Waals surface area contributed by atoms with Gasteiger partial charge in [-0.15, -0.1) is 6.42 Å². The molecule has 184 valence electrons. The normalized spacial score (nSPS) is 31.7. The molecule has 2 aromatic heterocycles. The quantitative estimate of drug-likeness (QED) is 0.297. The lowest BCUT2D eigenvalue weighted by Gasteiger charge is -2.34. The van der Waals surface area contributed by atoms with Gasteiger partial charge in [0.25, 0.3) is 0 Å². The maximum atomic E-state index is 16.3. The summed E-state index contributed by atoms with van der Waals surface area (Å²) in [5.41, 5.74) is 3.67. The summed E-state index contributed by atoms with van der Waals surface area (Å²) in [6, 6.07) is -1.06. The average molecular weight is 497 g/mol. The number of halogens is 1. The van der Waals surface area contributed by atoms with E-state index in [-0.39, 0.29) is 24.3 Å². The Morgan fingerprint density at radius 1 is 1.47 bits per heavy atom. The van der Waals surface area contributed by atoms with Crippen LogP contribution in [0.15, 0.2) is 6.33 Å². The number of imidazole rings is 1. The van der Waals surface area contributed by atoms with Crippen LogP contribution in [0.1, 0.15) is 27.0 Å². The predicted octanol–water partition coefficient (Wildman–Crippen LogP) is 1.14. The number of esters is 1. The fraction of sp³-hybridized carbons (Fsp3) is 0.579. The molecule has 2 aliphatic rings. The number of anilines is 2. The number of ether oxygens (including phenoxy) is 2. The van der Waals surface area contributed by atoms with E-state index < -0.39 is 43.9 Å². The Morgan fingerprint density at radius 2 is 2.21 bits per heavy atom. The number of nitrogens with two attached hydrogens (primary N) is 1. The zero-order chi connectivity index (χ0) is 24.8. The van der Waals surface area contributed by atoms with Crippen LogP contribution in [0.2, 0.25) is 0 Å². The van der Waals surface area contributed by atoms with Gasteiger partial charge < -0.3 is 20.5 Å². The monoisotopic (exact) mass is 497 g/mol. The number of alkyl halides is 1. The topological polar surface area (TPSA) is 165 Å². The molecule has 1 unspecified atom stereocenters. The molecule has 34 heavy (non-hydrogen) atoms. The molecule has 0 aliphatic carbocycles. The first-order chi connectivity index (χ1) is 16.0. The van der Waals surface area contributed by atoms with E-state index >= 15 is 4.39 Å². The molecular weight excluding hydrogens is 472 g/mol. The summed E-state index contributed by atoms with van der Waals surface area (Å²) in [4.78, 5) is 24.5. The van der Waals surface area contributed by atoms with Gasteiger partial charge in [-0.1, -0.05) is 5.92 Å². The molecule has 13 nitrogen and oxygen atoms in total. The highest BCUT2D eigenvalue weighted by Crippen LogP contribution is 2.57. The smallest absolute Gasteiger partial charge is 0.406 e. The molecule has 4 rings (SSSR count). The van der Waals surface area contributed by atoms with Crippen LogP contribution in [0.4, 0.5) is 16.2 Å². The van der Waals surface area contributed by atoms with Crippen molar-refractivity contribution in [3.8, 4) is 12.3 Å². The molecule has 0 radical (unpaired) electrons. The number of nitrogens with one attached hydrogen (secondary N) is 2. The Bertz CT molecular complexity index is 1200. The van der Waals surface area contributed by atoms with Crippen molar-refractivity contribution in [2.45, 2.75) is 57.0 Å². The molecule has 2 saturated heterocycles. The molecule has 0 spiro atoms. The van der Waals surface area contributed by atoms with Crippen molar-refractivity contribution in [1.29, 1.82) is 0 Å². The second-order valence-electron chi connectivity index (χ2n) is 8.10. The van der Waals surface area contributed by atoms with E-state index in [1.807, 2.05) is 0 Å². The van der Waals surface area contributed by atoms with Gasteiger partial charge in [-0.05, 0) is 20.8 Å². The zero-order valence-electron chi connectivity index (χ0n) is 18.9. The standard InChI is InChI=1S/C19H25FN7O6P/c1-6-19(20)13-11(7-30-34(29,33-13)26-10(4)16(28)31-9(2)3)32-17(19)27-8-23-12-14(22-5)24-18(21)25-15(12)27/h1,8-11,13,17H,7H2,2-5H3,(H,26,29)(H3,21,22,24,25)/t10-,11+,13+,17+,19+,34?/m0/s1. The van der Waals surface area contributed by atoms with Crippen molar-refractivity contribution >= 4 is 36.6 Å². The fourth-order valence-corrected chi connectivity index (χ4v) is 5.47. The summed E-state index contributed by atoms with van der Waals surface area (Å²) < 4.78 is 52.5. The number of carbonyl (C=O) groups is 1. The third-order valence-electron chi connectivity index (χ3n) is 5.28. The molecule has 4 N–H and O–H groups in total. The fourth-order valence-electron chi connectivity index (χ4n) is 3.76. The number of fused-ring (bicyclic) bond motifs is 2. The van der Waals surface area contributed by atoms with Crippen molar-refractivity contribution in [1.82, 2.24) is 24.6 Å². The van der Waals surface area contributed by atoms with Gasteiger partial charge in [-0.3, -0.25) is 18.4 Å². The van der Waals surface area contributed by atoms with E-state index in [9.17, 15) is 9.36 Å².